The Morgan fingerprint density at radius 2 is 1.52 bits per heavy atom. The van der Waals surface area contributed by atoms with Gasteiger partial charge >= 0.3 is 0 Å². The number of nitrogens with one attached hydrogen (secondary N) is 2. The summed E-state index contributed by atoms with van der Waals surface area (Å²) in [7, 11) is 1.66. The zero-order chi connectivity index (χ0) is 16.2. The first-order chi connectivity index (χ1) is 11.2. The highest BCUT2D eigenvalue weighted by Crippen LogP contribution is 2.23. The van der Waals surface area contributed by atoms with Crippen LogP contribution >= 0.6 is 0 Å². The molecule has 0 radical (unpaired) electrons. The van der Waals surface area contributed by atoms with Crippen LogP contribution in [0.3, 0.4) is 0 Å². The molecule has 0 aromatic heterocycles. The molecule has 0 atom stereocenters. The van der Waals surface area contributed by atoms with E-state index in [4.69, 9.17) is 0 Å². The number of hydrogen-bond acceptors (Lipinski definition) is 1. The number of fused-ring (bicyclic) bond motifs is 1. The van der Waals surface area contributed by atoms with Gasteiger partial charge in [0, 0.05) is 18.1 Å². The minimum Gasteiger partial charge on any atom is -0.326 e. The lowest BCUT2D eigenvalue weighted by Gasteiger charge is -2.14. The van der Waals surface area contributed by atoms with Gasteiger partial charge < -0.3 is 10.6 Å². The average Bonchev–Trinajstić information content (AvgIpc) is 2.58. The van der Waals surface area contributed by atoms with Gasteiger partial charge in [-0.2, -0.15) is 0 Å². The van der Waals surface area contributed by atoms with Gasteiger partial charge in [-0.25, -0.2) is 4.39 Å². The molecule has 0 saturated heterocycles. The molecule has 0 bridgehead atoms. The molecule has 0 aliphatic heterocycles. The third-order valence-corrected chi connectivity index (χ3v) is 3.71. The largest absolute Gasteiger partial charge is 0.326 e. The predicted octanol–water partition coefficient (Wildman–Crippen LogP) is 4.80. The molecule has 0 aliphatic rings. The summed E-state index contributed by atoms with van der Waals surface area (Å²) in [5, 5.41) is 8.47. The van der Waals surface area contributed by atoms with Crippen LogP contribution in [0, 0.1) is 12.7 Å². The van der Waals surface area contributed by atoms with Crippen LogP contribution in [0.25, 0.3) is 10.8 Å². The molecule has 2 N–H and O–H groups in total. The second kappa shape index (κ2) is 6.48. The predicted molar refractivity (Wildman–Crippen MR) is 95.7 cm³/mol. The standard InChI is InChI=1S/C19H18FN3/c1-13-7-5-12-17(18(13)20)23-19(21-2)22-16-11-6-9-14-8-3-4-10-15(14)16/h3-12H,1-2H3,(H2,21,22,23). The number of aliphatic imine (C=N–C) groups is 1. The Hall–Kier alpha value is -2.88. The van der Waals surface area contributed by atoms with Crippen molar-refractivity contribution in [3.8, 4) is 0 Å². The van der Waals surface area contributed by atoms with Crippen molar-refractivity contribution in [3.05, 3.63) is 72.0 Å². The molecule has 3 aromatic rings. The van der Waals surface area contributed by atoms with Gasteiger partial charge in [0.2, 0.25) is 0 Å². The van der Waals surface area contributed by atoms with Crippen LogP contribution in [0.2, 0.25) is 0 Å². The van der Waals surface area contributed by atoms with E-state index in [1.54, 1.807) is 26.1 Å². The maximum atomic E-state index is 14.1. The van der Waals surface area contributed by atoms with Crippen LogP contribution < -0.4 is 10.6 Å². The fourth-order valence-corrected chi connectivity index (χ4v) is 2.48. The Balaban J connectivity index is 1.89. The highest BCUT2D eigenvalue weighted by atomic mass is 19.1. The molecule has 116 valence electrons. The first-order valence-corrected chi connectivity index (χ1v) is 7.43. The van der Waals surface area contributed by atoms with Gasteiger partial charge in [-0.3, -0.25) is 4.99 Å². The van der Waals surface area contributed by atoms with Gasteiger partial charge in [-0.15, -0.1) is 0 Å². The number of rotatable bonds is 2. The first kappa shape index (κ1) is 15.0. The molecule has 0 fully saturated rings. The molecule has 0 heterocycles. The smallest absolute Gasteiger partial charge is 0.200 e. The Kier molecular flexibility index (Phi) is 4.24. The molecule has 0 amide bonds. The Bertz CT molecular complexity index is 866. The van der Waals surface area contributed by atoms with Gasteiger partial charge in [0.15, 0.2) is 5.96 Å². The molecule has 23 heavy (non-hydrogen) atoms. The zero-order valence-corrected chi connectivity index (χ0v) is 13.1. The van der Waals surface area contributed by atoms with E-state index in [0.717, 1.165) is 16.5 Å². The summed E-state index contributed by atoms with van der Waals surface area (Å²) in [4.78, 5) is 4.18. The van der Waals surface area contributed by atoms with Gasteiger partial charge in [0.25, 0.3) is 0 Å². The van der Waals surface area contributed by atoms with E-state index in [9.17, 15) is 4.39 Å². The van der Waals surface area contributed by atoms with Gasteiger partial charge in [-0.05, 0) is 30.0 Å². The zero-order valence-electron chi connectivity index (χ0n) is 13.1. The number of nitrogens with zero attached hydrogens (tertiary/aromatic N) is 1. The molecule has 0 aliphatic carbocycles. The van der Waals surface area contributed by atoms with Crippen LogP contribution in [0.1, 0.15) is 5.56 Å². The van der Waals surface area contributed by atoms with Crippen LogP contribution in [0.5, 0.6) is 0 Å². The topological polar surface area (TPSA) is 36.4 Å². The number of halogens is 1. The lowest BCUT2D eigenvalue weighted by atomic mass is 10.1. The monoisotopic (exact) mass is 307 g/mol. The van der Waals surface area contributed by atoms with E-state index in [2.05, 4.69) is 27.8 Å². The van der Waals surface area contributed by atoms with Crippen molar-refractivity contribution in [2.75, 3.05) is 17.7 Å². The van der Waals surface area contributed by atoms with E-state index >= 15 is 0 Å². The minimum atomic E-state index is -0.270. The molecule has 3 nitrogen and oxygen atoms in total. The Labute approximate surface area is 134 Å². The number of aryl methyl sites for hydroxylation is 1. The van der Waals surface area contributed by atoms with E-state index in [0.29, 0.717) is 17.2 Å². The number of benzene rings is 3. The fourth-order valence-electron chi connectivity index (χ4n) is 2.48. The fraction of sp³-hybridized carbons (Fsp3) is 0.105. The van der Waals surface area contributed by atoms with Crippen molar-refractivity contribution in [1.29, 1.82) is 0 Å². The molecular formula is C19H18FN3. The third-order valence-electron chi connectivity index (χ3n) is 3.71. The molecule has 0 saturated carbocycles. The van der Waals surface area contributed by atoms with Gasteiger partial charge in [0.05, 0.1) is 5.69 Å². The number of anilines is 2. The normalized spacial score (nSPS) is 11.5. The number of guanidine groups is 1. The lowest BCUT2D eigenvalue weighted by molar-refractivity contribution is 0.623. The van der Waals surface area contributed by atoms with Gasteiger partial charge in [0.1, 0.15) is 5.82 Å². The molecular weight excluding hydrogens is 289 g/mol. The molecule has 0 unspecified atom stereocenters. The quantitative estimate of drug-likeness (QED) is 0.527. The van der Waals surface area contributed by atoms with Crippen LogP contribution in [-0.4, -0.2) is 13.0 Å². The second-order valence-electron chi connectivity index (χ2n) is 5.29. The molecule has 3 rings (SSSR count). The van der Waals surface area contributed by atoms with E-state index < -0.39 is 0 Å². The van der Waals surface area contributed by atoms with Crippen molar-refractivity contribution >= 4 is 28.1 Å². The molecule has 0 spiro atoms. The SMILES string of the molecule is CN=C(Nc1cccc(C)c1F)Nc1cccc2ccccc12. The van der Waals surface area contributed by atoms with Crippen molar-refractivity contribution in [2.45, 2.75) is 6.92 Å². The lowest BCUT2D eigenvalue weighted by Crippen LogP contribution is -2.22. The summed E-state index contributed by atoms with van der Waals surface area (Å²) >= 11 is 0. The van der Waals surface area contributed by atoms with Gasteiger partial charge in [-0.1, -0.05) is 48.5 Å². The summed E-state index contributed by atoms with van der Waals surface area (Å²) in [5.41, 5.74) is 1.92. The maximum Gasteiger partial charge on any atom is 0.200 e. The van der Waals surface area contributed by atoms with Crippen LogP contribution in [0.4, 0.5) is 15.8 Å². The van der Waals surface area contributed by atoms with E-state index in [1.165, 1.54) is 0 Å². The summed E-state index contributed by atoms with van der Waals surface area (Å²) in [6.07, 6.45) is 0. The minimum absolute atomic E-state index is 0.270. The summed E-state index contributed by atoms with van der Waals surface area (Å²) in [6, 6.07) is 19.3. The Morgan fingerprint density at radius 1 is 0.870 bits per heavy atom. The second-order valence-corrected chi connectivity index (χ2v) is 5.29. The first-order valence-electron chi connectivity index (χ1n) is 7.43. The van der Waals surface area contributed by atoms with Crippen molar-refractivity contribution < 1.29 is 4.39 Å². The van der Waals surface area contributed by atoms with Crippen molar-refractivity contribution in [2.24, 2.45) is 4.99 Å². The summed E-state index contributed by atoms with van der Waals surface area (Å²) in [6.45, 7) is 1.74. The van der Waals surface area contributed by atoms with E-state index in [1.807, 2.05) is 36.4 Å². The highest BCUT2D eigenvalue weighted by molar-refractivity contribution is 6.08. The van der Waals surface area contributed by atoms with Crippen molar-refractivity contribution in [3.63, 3.8) is 0 Å². The Morgan fingerprint density at radius 3 is 2.35 bits per heavy atom. The molecule has 3 aromatic carbocycles. The maximum absolute atomic E-state index is 14.1. The highest BCUT2D eigenvalue weighted by Gasteiger charge is 2.08. The third kappa shape index (κ3) is 3.16. The molecule has 4 heteroatoms. The summed E-state index contributed by atoms with van der Waals surface area (Å²) in [5.74, 6) is 0.222. The van der Waals surface area contributed by atoms with Crippen LogP contribution in [0.15, 0.2) is 65.7 Å². The summed E-state index contributed by atoms with van der Waals surface area (Å²) < 4.78 is 14.1. The van der Waals surface area contributed by atoms with Crippen LogP contribution in [-0.2, 0) is 0 Å². The number of hydrogen-bond donors (Lipinski definition) is 2. The van der Waals surface area contributed by atoms with Crippen molar-refractivity contribution in [1.82, 2.24) is 0 Å². The average molecular weight is 307 g/mol. The van der Waals surface area contributed by atoms with E-state index in [-0.39, 0.29) is 5.82 Å².